The van der Waals surface area contributed by atoms with E-state index < -0.39 is 0 Å². The zero-order chi connectivity index (χ0) is 14.3. The molecule has 0 bridgehead atoms. The van der Waals surface area contributed by atoms with Crippen LogP contribution in [0.2, 0.25) is 5.02 Å². The van der Waals surface area contributed by atoms with Gasteiger partial charge in [0.15, 0.2) is 0 Å². The first kappa shape index (κ1) is 16.3. The molecular formula is C16H27ClN2. The van der Waals surface area contributed by atoms with E-state index in [-0.39, 0.29) is 0 Å². The van der Waals surface area contributed by atoms with E-state index in [2.05, 4.69) is 50.0 Å². The number of hydrogen-bond donors (Lipinski definition) is 1. The molecule has 2 nitrogen and oxygen atoms in total. The fraction of sp³-hybridized carbons (Fsp3) is 0.625. The SMILES string of the molecule is CCCNCc1ccc(Cl)cc1N(CC)CC(C)C. The van der Waals surface area contributed by atoms with E-state index >= 15 is 0 Å². The van der Waals surface area contributed by atoms with Crippen LogP contribution in [0.5, 0.6) is 0 Å². The Morgan fingerprint density at radius 3 is 2.58 bits per heavy atom. The summed E-state index contributed by atoms with van der Waals surface area (Å²) >= 11 is 6.17. The van der Waals surface area contributed by atoms with Gasteiger partial charge in [-0.15, -0.1) is 0 Å². The second kappa shape index (κ2) is 8.44. The lowest BCUT2D eigenvalue weighted by molar-refractivity contribution is 0.613. The largest absolute Gasteiger partial charge is 0.371 e. The van der Waals surface area contributed by atoms with Crippen molar-refractivity contribution in [2.45, 2.75) is 40.7 Å². The summed E-state index contributed by atoms with van der Waals surface area (Å²) in [6.45, 7) is 12.9. The van der Waals surface area contributed by atoms with Gasteiger partial charge in [-0.2, -0.15) is 0 Å². The molecule has 1 rings (SSSR count). The number of halogens is 1. The third kappa shape index (κ3) is 5.42. The van der Waals surface area contributed by atoms with Crippen molar-refractivity contribution in [3.8, 4) is 0 Å². The maximum Gasteiger partial charge on any atom is 0.0426 e. The quantitative estimate of drug-likeness (QED) is 0.714. The minimum atomic E-state index is 0.649. The molecule has 1 N–H and O–H groups in total. The van der Waals surface area contributed by atoms with Gasteiger partial charge in [0.25, 0.3) is 0 Å². The van der Waals surface area contributed by atoms with Crippen molar-refractivity contribution < 1.29 is 0 Å². The molecule has 0 saturated heterocycles. The van der Waals surface area contributed by atoms with Crippen LogP contribution in [-0.4, -0.2) is 19.6 Å². The van der Waals surface area contributed by atoms with Crippen LogP contribution in [0.3, 0.4) is 0 Å². The Morgan fingerprint density at radius 2 is 2.00 bits per heavy atom. The van der Waals surface area contributed by atoms with Crippen molar-refractivity contribution in [1.29, 1.82) is 0 Å². The normalized spacial score (nSPS) is 11.1. The molecule has 0 radical (unpaired) electrons. The van der Waals surface area contributed by atoms with E-state index in [0.717, 1.165) is 37.6 Å². The molecule has 0 aliphatic heterocycles. The molecule has 0 unspecified atom stereocenters. The molecule has 3 heteroatoms. The molecule has 0 aliphatic carbocycles. The van der Waals surface area contributed by atoms with Crippen molar-refractivity contribution in [3.63, 3.8) is 0 Å². The fourth-order valence-electron chi connectivity index (χ4n) is 2.22. The van der Waals surface area contributed by atoms with Gasteiger partial charge in [0, 0.05) is 30.3 Å². The van der Waals surface area contributed by atoms with Crippen LogP contribution >= 0.6 is 11.6 Å². The molecule has 0 heterocycles. The fourth-order valence-corrected chi connectivity index (χ4v) is 2.39. The Labute approximate surface area is 123 Å². The standard InChI is InChI=1S/C16H27ClN2/c1-5-9-18-11-14-7-8-15(17)10-16(14)19(6-2)12-13(3)4/h7-8,10,13,18H,5-6,9,11-12H2,1-4H3. The van der Waals surface area contributed by atoms with Gasteiger partial charge in [-0.1, -0.05) is 38.4 Å². The van der Waals surface area contributed by atoms with Crippen molar-refractivity contribution >= 4 is 17.3 Å². The van der Waals surface area contributed by atoms with E-state index in [1.165, 1.54) is 11.3 Å². The van der Waals surface area contributed by atoms with Crippen molar-refractivity contribution in [2.24, 2.45) is 5.92 Å². The van der Waals surface area contributed by atoms with Gasteiger partial charge >= 0.3 is 0 Å². The van der Waals surface area contributed by atoms with Gasteiger partial charge in [-0.05, 0) is 43.5 Å². The molecular weight excluding hydrogens is 256 g/mol. The monoisotopic (exact) mass is 282 g/mol. The van der Waals surface area contributed by atoms with Crippen LogP contribution in [0.1, 0.15) is 39.7 Å². The lowest BCUT2D eigenvalue weighted by Crippen LogP contribution is -2.29. The minimum Gasteiger partial charge on any atom is -0.371 e. The van der Waals surface area contributed by atoms with Crippen LogP contribution in [-0.2, 0) is 6.54 Å². The molecule has 0 aliphatic rings. The Balaban J connectivity index is 2.90. The molecule has 0 aromatic heterocycles. The molecule has 0 amide bonds. The van der Waals surface area contributed by atoms with E-state index in [1.54, 1.807) is 0 Å². The predicted octanol–water partition coefficient (Wildman–Crippen LogP) is 4.32. The summed E-state index contributed by atoms with van der Waals surface area (Å²) in [7, 11) is 0. The van der Waals surface area contributed by atoms with Gasteiger partial charge in [0.1, 0.15) is 0 Å². The molecule has 0 atom stereocenters. The average molecular weight is 283 g/mol. The first-order chi connectivity index (χ1) is 9.08. The second-order valence-corrected chi connectivity index (χ2v) is 5.82. The highest BCUT2D eigenvalue weighted by molar-refractivity contribution is 6.30. The molecule has 1 aromatic rings. The summed E-state index contributed by atoms with van der Waals surface area (Å²) in [5, 5.41) is 4.29. The number of benzene rings is 1. The summed E-state index contributed by atoms with van der Waals surface area (Å²) < 4.78 is 0. The Hall–Kier alpha value is -0.730. The summed E-state index contributed by atoms with van der Waals surface area (Å²) in [4.78, 5) is 2.42. The number of hydrogen-bond acceptors (Lipinski definition) is 2. The highest BCUT2D eigenvalue weighted by Gasteiger charge is 2.11. The lowest BCUT2D eigenvalue weighted by atomic mass is 10.1. The molecule has 0 saturated carbocycles. The zero-order valence-corrected chi connectivity index (χ0v) is 13.4. The number of anilines is 1. The van der Waals surface area contributed by atoms with E-state index in [0.29, 0.717) is 5.92 Å². The van der Waals surface area contributed by atoms with Crippen LogP contribution < -0.4 is 10.2 Å². The maximum atomic E-state index is 6.17. The smallest absolute Gasteiger partial charge is 0.0426 e. The summed E-state index contributed by atoms with van der Waals surface area (Å²) in [5.41, 5.74) is 2.60. The Morgan fingerprint density at radius 1 is 1.26 bits per heavy atom. The molecule has 0 fully saturated rings. The first-order valence-corrected chi connectivity index (χ1v) is 7.70. The van der Waals surface area contributed by atoms with Gasteiger partial charge in [0.05, 0.1) is 0 Å². The highest BCUT2D eigenvalue weighted by Crippen LogP contribution is 2.25. The average Bonchev–Trinajstić information content (AvgIpc) is 2.37. The van der Waals surface area contributed by atoms with Gasteiger partial charge < -0.3 is 10.2 Å². The number of rotatable bonds is 8. The van der Waals surface area contributed by atoms with Crippen LogP contribution in [0, 0.1) is 5.92 Å². The number of nitrogens with zero attached hydrogens (tertiary/aromatic N) is 1. The summed E-state index contributed by atoms with van der Waals surface area (Å²) in [5.74, 6) is 0.649. The lowest BCUT2D eigenvalue weighted by Gasteiger charge is -2.28. The van der Waals surface area contributed by atoms with Gasteiger partial charge in [-0.3, -0.25) is 0 Å². The zero-order valence-electron chi connectivity index (χ0n) is 12.7. The summed E-state index contributed by atoms with van der Waals surface area (Å²) in [6, 6.07) is 6.22. The molecule has 19 heavy (non-hydrogen) atoms. The molecule has 0 spiro atoms. The van der Waals surface area contributed by atoms with E-state index in [1.807, 2.05) is 6.07 Å². The maximum absolute atomic E-state index is 6.17. The Bertz CT molecular complexity index is 377. The van der Waals surface area contributed by atoms with Crippen LogP contribution in [0.4, 0.5) is 5.69 Å². The summed E-state index contributed by atoms with van der Waals surface area (Å²) in [6.07, 6.45) is 1.16. The van der Waals surface area contributed by atoms with Crippen molar-refractivity contribution in [2.75, 3.05) is 24.5 Å². The van der Waals surface area contributed by atoms with E-state index in [9.17, 15) is 0 Å². The van der Waals surface area contributed by atoms with Crippen LogP contribution in [0.25, 0.3) is 0 Å². The molecule has 1 aromatic carbocycles. The predicted molar refractivity (Wildman–Crippen MR) is 86.2 cm³/mol. The topological polar surface area (TPSA) is 15.3 Å². The Kier molecular flexibility index (Phi) is 7.25. The van der Waals surface area contributed by atoms with Crippen molar-refractivity contribution in [3.05, 3.63) is 28.8 Å². The van der Waals surface area contributed by atoms with Gasteiger partial charge in [-0.25, -0.2) is 0 Å². The van der Waals surface area contributed by atoms with Gasteiger partial charge in [0.2, 0.25) is 0 Å². The van der Waals surface area contributed by atoms with E-state index in [4.69, 9.17) is 11.6 Å². The first-order valence-electron chi connectivity index (χ1n) is 7.32. The van der Waals surface area contributed by atoms with Crippen LogP contribution in [0.15, 0.2) is 18.2 Å². The highest BCUT2D eigenvalue weighted by atomic mass is 35.5. The molecule has 108 valence electrons. The second-order valence-electron chi connectivity index (χ2n) is 5.38. The minimum absolute atomic E-state index is 0.649. The number of nitrogens with one attached hydrogen (secondary N) is 1. The van der Waals surface area contributed by atoms with Crippen molar-refractivity contribution in [1.82, 2.24) is 5.32 Å². The third-order valence-electron chi connectivity index (χ3n) is 3.10. The third-order valence-corrected chi connectivity index (χ3v) is 3.33.